The second-order valence-corrected chi connectivity index (χ2v) is 9.76. The van der Waals surface area contributed by atoms with Crippen molar-refractivity contribution < 1.29 is 14.5 Å². The Labute approximate surface area is 199 Å². The minimum Gasteiger partial charge on any atom is -0.324 e. The first-order valence-electron chi connectivity index (χ1n) is 11.0. The first-order chi connectivity index (χ1) is 16.5. The summed E-state index contributed by atoms with van der Waals surface area (Å²) in [5, 5.41) is 14.6. The molecule has 1 amide bonds. The molecule has 1 N–H and O–H groups in total. The number of aromatic nitrogens is 1. The summed E-state index contributed by atoms with van der Waals surface area (Å²) in [5.41, 5.74) is 1.37. The number of hydrogen-bond donors (Lipinski definition) is 1. The van der Waals surface area contributed by atoms with Crippen LogP contribution >= 0.6 is 11.8 Å². The molecular formula is C25H20N4O4S. The second-order valence-electron chi connectivity index (χ2n) is 8.76. The van der Waals surface area contributed by atoms with Crippen molar-refractivity contribution in [3.05, 3.63) is 99.9 Å². The molecular weight excluding hydrogens is 452 g/mol. The number of carbonyl (C=O) groups excluding carboxylic acids is 2. The maximum atomic E-state index is 14.2. The number of rotatable bonds is 4. The number of thioether (sulfide) groups is 1. The number of nitrogens with one attached hydrogen (secondary N) is 1. The van der Waals surface area contributed by atoms with Gasteiger partial charge in [0.25, 0.3) is 5.69 Å². The summed E-state index contributed by atoms with van der Waals surface area (Å²) in [4.78, 5) is 45.5. The molecule has 6 rings (SSSR count). The van der Waals surface area contributed by atoms with Gasteiger partial charge in [-0.1, -0.05) is 30.3 Å². The number of non-ortho nitro benzene ring substituents is 1. The topological polar surface area (TPSA) is 105 Å². The SMILES string of the molecule is O=C(c1cccnc1)[C@@H]1[C@@H](c2cccc([N+](=O)[O-])c2)[C@@H]2CSCN2[C@@]12C(=O)Nc1ccccc12. The monoisotopic (exact) mass is 472 g/mol. The van der Waals surface area contributed by atoms with Crippen LogP contribution in [-0.4, -0.2) is 44.2 Å². The van der Waals surface area contributed by atoms with Gasteiger partial charge in [-0.25, -0.2) is 0 Å². The standard InChI is InChI=1S/C25H20N4O4S/c30-23(16-6-4-10-26-12-16)22-21(15-5-3-7-17(11-15)29(32)33)20-13-34-14-28(20)25(22)18-8-1-2-9-19(18)27-24(25)31/h1-12,20-22H,13-14H2,(H,27,31)/t20-,21-,22-,25+/m0/s1. The van der Waals surface area contributed by atoms with Crippen LogP contribution in [0.2, 0.25) is 0 Å². The molecule has 1 spiro atoms. The van der Waals surface area contributed by atoms with Crippen molar-refractivity contribution in [1.29, 1.82) is 0 Å². The summed E-state index contributed by atoms with van der Waals surface area (Å²) in [6, 6.07) is 17.3. The highest BCUT2D eigenvalue weighted by molar-refractivity contribution is 7.99. The van der Waals surface area contributed by atoms with Crippen molar-refractivity contribution in [1.82, 2.24) is 9.88 Å². The molecule has 4 atom stereocenters. The quantitative estimate of drug-likeness (QED) is 0.350. The summed E-state index contributed by atoms with van der Waals surface area (Å²) in [6.07, 6.45) is 3.13. The number of para-hydroxylation sites is 1. The Hall–Kier alpha value is -3.56. The van der Waals surface area contributed by atoms with Gasteiger partial charge in [0.15, 0.2) is 5.78 Å². The van der Waals surface area contributed by atoms with E-state index in [9.17, 15) is 19.7 Å². The fraction of sp³-hybridized carbons (Fsp3) is 0.240. The zero-order valence-corrected chi connectivity index (χ0v) is 18.8. The summed E-state index contributed by atoms with van der Waals surface area (Å²) in [5.74, 6) is -0.268. The Morgan fingerprint density at radius 2 is 2.03 bits per heavy atom. The molecule has 170 valence electrons. The molecule has 0 unspecified atom stereocenters. The normalized spacial score (nSPS) is 27.4. The first-order valence-corrected chi connectivity index (χ1v) is 12.1. The van der Waals surface area contributed by atoms with Crippen LogP contribution in [0.5, 0.6) is 0 Å². The van der Waals surface area contributed by atoms with Gasteiger partial charge in [-0.15, -0.1) is 11.8 Å². The lowest BCUT2D eigenvalue weighted by Gasteiger charge is -2.36. The average molecular weight is 473 g/mol. The van der Waals surface area contributed by atoms with Crippen LogP contribution < -0.4 is 5.32 Å². The molecule has 8 nitrogen and oxygen atoms in total. The molecule has 0 bridgehead atoms. The van der Waals surface area contributed by atoms with Gasteiger partial charge >= 0.3 is 0 Å². The van der Waals surface area contributed by atoms with E-state index in [1.165, 1.54) is 12.3 Å². The van der Waals surface area contributed by atoms with Gasteiger partial charge in [-0.05, 0) is 23.8 Å². The predicted molar refractivity (Wildman–Crippen MR) is 128 cm³/mol. The third kappa shape index (κ3) is 2.80. The number of nitro benzene ring substituents is 1. The van der Waals surface area contributed by atoms with Crippen LogP contribution in [0.1, 0.15) is 27.4 Å². The molecule has 1 aromatic heterocycles. The number of fused-ring (bicyclic) bond motifs is 4. The van der Waals surface area contributed by atoms with Gasteiger partial charge in [0.1, 0.15) is 5.54 Å². The maximum absolute atomic E-state index is 14.2. The molecule has 4 heterocycles. The van der Waals surface area contributed by atoms with E-state index in [0.29, 0.717) is 22.7 Å². The van der Waals surface area contributed by atoms with E-state index >= 15 is 0 Å². The van der Waals surface area contributed by atoms with Crippen molar-refractivity contribution >= 4 is 34.8 Å². The predicted octanol–water partition coefficient (Wildman–Crippen LogP) is 3.81. The molecule has 34 heavy (non-hydrogen) atoms. The summed E-state index contributed by atoms with van der Waals surface area (Å²) in [6.45, 7) is 0. The van der Waals surface area contributed by atoms with E-state index in [-0.39, 0.29) is 23.4 Å². The number of benzene rings is 2. The fourth-order valence-corrected chi connectivity index (χ4v) is 7.26. The molecule has 2 fully saturated rings. The average Bonchev–Trinajstić information content (AvgIpc) is 3.52. The number of anilines is 1. The zero-order chi connectivity index (χ0) is 23.4. The number of ketones is 1. The Balaban J connectivity index is 1.62. The molecule has 3 aromatic rings. The van der Waals surface area contributed by atoms with Crippen LogP contribution in [0, 0.1) is 16.0 Å². The smallest absolute Gasteiger partial charge is 0.269 e. The zero-order valence-electron chi connectivity index (χ0n) is 18.0. The number of amides is 1. The first kappa shape index (κ1) is 21.0. The molecule has 3 aliphatic heterocycles. The van der Waals surface area contributed by atoms with Crippen LogP contribution in [0.15, 0.2) is 73.1 Å². The number of nitro groups is 1. The van der Waals surface area contributed by atoms with Gasteiger partial charge in [-0.3, -0.25) is 29.6 Å². The summed E-state index contributed by atoms with van der Waals surface area (Å²) >= 11 is 1.71. The lowest BCUT2D eigenvalue weighted by Crippen LogP contribution is -2.52. The van der Waals surface area contributed by atoms with E-state index in [4.69, 9.17) is 0 Å². The molecule has 3 aliphatic rings. The van der Waals surface area contributed by atoms with Crippen molar-refractivity contribution in [2.75, 3.05) is 16.9 Å². The minimum absolute atomic E-state index is 0.0282. The summed E-state index contributed by atoms with van der Waals surface area (Å²) in [7, 11) is 0. The van der Waals surface area contributed by atoms with Crippen LogP contribution in [0.3, 0.4) is 0 Å². The van der Waals surface area contributed by atoms with Crippen molar-refractivity contribution in [2.24, 2.45) is 5.92 Å². The van der Waals surface area contributed by atoms with E-state index in [0.717, 1.165) is 11.3 Å². The highest BCUT2D eigenvalue weighted by atomic mass is 32.2. The molecule has 2 saturated heterocycles. The molecule has 9 heteroatoms. The maximum Gasteiger partial charge on any atom is 0.269 e. The van der Waals surface area contributed by atoms with Gasteiger partial charge in [-0.2, -0.15) is 0 Å². The lowest BCUT2D eigenvalue weighted by atomic mass is 9.69. The Bertz CT molecular complexity index is 1330. The van der Waals surface area contributed by atoms with Crippen molar-refractivity contribution in [3.8, 4) is 0 Å². The second kappa shape index (κ2) is 7.75. The number of carbonyl (C=O) groups is 2. The number of nitrogens with zero attached hydrogens (tertiary/aromatic N) is 3. The van der Waals surface area contributed by atoms with Gasteiger partial charge in [0.05, 0.1) is 10.8 Å². The lowest BCUT2D eigenvalue weighted by molar-refractivity contribution is -0.384. The van der Waals surface area contributed by atoms with Crippen LogP contribution in [-0.2, 0) is 10.3 Å². The van der Waals surface area contributed by atoms with Crippen LogP contribution in [0.25, 0.3) is 0 Å². The minimum atomic E-state index is -1.20. The Kier molecular flexibility index (Phi) is 4.79. The van der Waals surface area contributed by atoms with Crippen molar-refractivity contribution in [3.63, 3.8) is 0 Å². The van der Waals surface area contributed by atoms with Crippen molar-refractivity contribution in [2.45, 2.75) is 17.5 Å². The third-order valence-electron chi connectivity index (χ3n) is 7.22. The van der Waals surface area contributed by atoms with E-state index in [2.05, 4.69) is 15.2 Å². The third-order valence-corrected chi connectivity index (χ3v) is 8.26. The fourth-order valence-electron chi connectivity index (χ4n) is 5.94. The molecule has 2 aromatic carbocycles. The number of pyridine rings is 1. The van der Waals surface area contributed by atoms with Gasteiger partial charge in [0, 0.05) is 64.9 Å². The van der Waals surface area contributed by atoms with Gasteiger partial charge in [0.2, 0.25) is 5.91 Å². The van der Waals surface area contributed by atoms with E-state index in [1.807, 2.05) is 30.3 Å². The number of Topliss-reactive ketones (excluding diaryl/α,β-unsaturated/α-hetero) is 1. The Morgan fingerprint density at radius 1 is 1.18 bits per heavy atom. The van der Waals surface area contributed by atoms with E-state index in [1.54, 1.807) is 42.2 Å². The Morgan fingerprint density at radius 3 is 2.82 bits per heavy atom. The highest BCUT2D eigenvalue weighted by Crippen LogP contribution is 2.61. The highest BCUT2D eigenvalue weighted by Gasteiger charge is 2.69. The number of hydrogen-bond acceptors (Lipinski definition) is 7. The van der Waals surface area contributed by atoms with Gasteiger partial charge < -0.3 is 5.32 Å². The molecule has 0 aliphatic carbocycles. The largest absolute Gasteiger partial charge is 0.324 e. The summed E-state index contributed by atoms with van der Waals surface area (Å²) < 4.78 is 0. The molecule has 0 saturated carbocycles. The van der Waals surface area contributed by atoms with E-state index < -0.39 is 22.3 Å². The van der Waals surface area contributed by atoms with Crippen LogP contribution in [0.4, 0.5) is 11.4 Å². The molecule has 0 radical (unpaired) electrons.